The van der Waals surface area contributed by atoms with Crippen molar-refractivity contribution in [2.24, 2.45) is 41.1 Å². The highest BCUT2D eigenvalue weighted by Crippen LogP contribution is 2.40. The van der Waals surface area contributed by atoms with Crippen molar-refractivity contribution >= 4 is 5.91 Å². The van der Waals surface area contributed by atoms with Crippen LogP contribution in [0.25, 0.3) is 0 Å². The molecule has 6 aliphatic rings. The van der Waals surface area contributed by atoms with Crippen LogP contribution in [0.15, 0.2) is 0 Å². The Hall–Kier alpha value is -0.770. The van der Waals surface area contributed by atoms with Gasteiger partial charge in [-0.3, -0.25) is 4.79 Å². The molecule has 0 aromatic rings. The summed E-state index contributed by atoms with van der Waals surface area (Å²) >= 11 is 0. The third kappa shape index (κ3) is 5.75. The zero-order chi connectivity index (χ0) is 25.4. The molecule has 8 nitrogen and oxygen atoms in total. The van der Waals surface area contributed by atoms with E-state index in [1.54, 1.807) is 0 Å². The average Bonchev–Trinajstić information content (AvgIpc) is 3.29. The molecule has 1 amide bonds. The van der Waals surface area contributed by atoms with Crippen molar-refractivity contribution < 1.29 is 9.53 Å². The first kappa shape index (κ1) is 26.5. The lowest BCUT2D eigenvalue weighted by Crippen LogP contribution is -2.62. The summed E-state index contributed by atoms with van der Waals surface area (Å²) in [4.78, 5) is 15.2. The highest BCUT2D eigenvalue weighted by molar-refractivity contribution is 5.79. The fourth-order valence-corrected chi connectivity index (χ4v) is 9.10. The second-order valence-electron chi connectivity index (χ2n) is 13.3. The summed E-state index contributed by atoms with van der Waals surface area (Å²) in [5.41, 5.74) is 13.6. The van der Waals surface area contributed by atoms with E-state index >= 15 is 0 Å². The number of hydrogen-bond acceptors (Lipinski definition) is 7. The second kappa shape index (κ2) is 11.8. The van der Waals surface area contributed by atoms with Gasteiger partial charge in [0.25, 0.3) is 0 Å². The Bertz CT molecular complexity index is 777. The quantitative estimate of drug-likeness (QED) is 0.385. The summed E-state index contributed by atoms with van der Waals surface area (Å²) in [6, 6.07) is 2.13. The molecule has 0 radical (unpaired) electrons. The number of likely N-dealkylation sites (tertiary alicyclic amines) is 1. The number of carbonyl (C=O) groups is 1. The lowest BCUT2D eigenvalue weighted by atomic mass is 9.69. The van der Waals surface area contributed by atoms with Crippen molar-refractivity contribution in [3.63, 3.8) is 0 Å². The molecule has 4 saturated heterocycles. The van der Waals surface area contributed by atoms with E-state index in [-0.39, 0.29) is 36.1 Å². The van der Waals surface area contributed by atoms with Gasteiger partial charge in [0.05, 0.1) is 24.8 Å². The van der Waals surface area contributed by atoms with Crippen LogP contribution in [0.5, 0.6) is 0 Å². The first-order chi connectivity index (χ1) is 18.1. The van der Waals surface area contributed by atoms with Gasteiger partial charge in [0.2, 0.25) is 5.91 Å². The highest BCUT2D eigenvalue weighted by Gasteiger charge is 2.44. The summed E-state index contributed by atoms with van der Waals surface area (Å²) in [7, 11) is 0. The molecule has 2 saturated carbocycles. The molecule has 0 bridgehead atoms. The molecule has 0 aromatic heterocycles. The second-order valence-corrected chi connectivity index (χ2v) is 13.3. The minimum atomic E-state index is -0.0437. The van der Waals surface area contributed by atoms with Gasteiger partial charge in [-0.25, -0.2) is 0 Å². The number of nitrogens with zero attached hydrogens (tertiary/aromatic N) is 1. The number of ether oxygens (including phenoxy) is 1. The standard InChI is InChI=1S/C29H52N6O2/c30-27(19-4-8-22-26(16-19)37-14-11-32-29(22)36)23-15-20(17-33-28(23)31)25-9-5-18-3-6-21(7-10-24(18)34-25)35-12-1-2-13-35/h18-28,33-34H,1-17,30-31H2,(H,32,36). The molecule has 37 heavy (non-hydrogen) atoms. The van der Waals surface area contributed by atoms with Crippen LogP contribution in [0, 0.1) is 29.6 Å². The first-order valence-corrected chi connectivity index (χ1v) is 15.7. The number of amides is 1. The maximum atomic E-state index is 12.4. The molecule has 7 N–H and O–H groups in total. The Morgan fingerprint density at radius 3 is 2.54 bits per heavy atom. The number of carbonyl (C=O) groups excluding carboxylic acids is 1. The van der Waals surface area contributed by atoms with Crippen molar-refractivity contribution in [1.82, 2.24) is 20.9 Å². The molecule has 210 valence electrons. The Kier molecular flexibility index (Phi) is 8.41. The maximum Gasteiger partial charge on any atom is 0.225 e. The van der Waals surface area contributed by atoms with Gasteiger partial charge in [-0.15, -0.1) is 0 Å². The molecule has 4 aliphatic heterocycles. The van der Waals surface area contributed by atoms with Gasteiger partial charge in [-0.1, -0.05) is 0 Å². The van der Waals surface area contributed by atoms with E-state index in [4.69, 9.17) is 16.2 Å². The first-order valence-electron chi connectivity index (χ1n) is 15.7. The third-order valence-electron chi connectivity index (χ3n) is 11.3. The van der Waals surface area contributed by atoms with E-state index in [1.807, 2.05) is 0 Å². The van der Waals surface area contributed by atoms with Crippen LogP contribution in [-0.2, 0) is 9.53 Å². The van der Waals surface area contributed by atoms with E-state index in [1.165, 1.54) is 64.5 Å². The van der Waals surface area contributed by atoms with E-state index in [0.29, 0.717) is 37.1 Å². The molecular formula is C29H52N6O2. The van der Waals surface area contributed by atoms with Gasteiger partial charge in [-0.2, -0.15) is 0 Å². The number of nitrogens with two attached hydrogens (primary N) is 2. The number of fused-ring (bicyclic) bond motifs is 2. The van der Waals surface area contributed by atoms with Crippen molar-refractivity contribution in [1.29, 1.82) is 0 Å². The van der Waals surface area contributed by atoms with Crippen LogP contribution in [0.2, 0.25) is 0 Å². The Balaban J connectivity index is 1.05. The molecule has 6 fully saturated rings. The van der Waals surface area contributed by atoms with Gasteiger partial charge < -0.3 is 37.1 Å². The zero-order valence-electron chi connectivity index (χ0n) is 22.8. The van der Waals surface area contributed by atoms with Gasteiger partial charge >= 0.3 is 0 Å². The molecule has 0 aromatic carbocycles. The van der Waals surface area contributed by atoms with E-state index < -0.39 is 0 Å². The summed E-state index contributed by atoms with van der Waals surface area (Å²) in [6.07, 6.45) is 14.8. The fraction of sp³-hybridized carbons (Fsp3) is 0.966. The van der Waals surface area contributed by atoms with Gasteiger partial charge in [0.1, 0.15) is 0 Å². The Labute approximate surface area is 223 Å². The van der Waals surface area contributed by atoms with Crippen LogP contribution in [0.1, 0.15) is 77.0 Å². The molecule has 11 atom stereocenters. The SMILES string of the molecule is NC1NCC(C2CCC3CCC(N4CCCC4)CCC3N2)CC1C(N)C1CCC2C(=O)NCCOC2C1. The topological polar surface area (TPSA) is 118 Å². The minimum absolute atomic E-state index is 0.00689. The van der Waals surface area contributed by atoms with Crippen molar-refractivity contribution in [2.45, 2.75) is 113 Å². The number of hydrogen-bond donors (Lipinski definition) is 5. The van der Waals surface area contributed by atoms with E-state index in [0.717, 1.165) is 44.2 Å². The van der Waals surface area contributed by atoms with Gasteiger partial charge in [0.15, 0.2) is 0 Å². The molecule has 11 unspecified atom stereocenters. The normalized spacial score (nSPS) is 46.7. The summed E-state index contributed by atoms with van der Waals surface area (Å²) < 4.78 is 6.09. The smallest absolute Gasteiger partial charge is 0.225 e. The number of piperidine rings is 2. The molecule has 4 heterocycles. The molecule has 8 heteroatoms. The lowest BCUT2D eigenvalue weighted by Gasteiger charge is -2.47. The Morgan fingerprint density at radius 1 is 0.919 bits per heavy atom. The van der Waals surface area contributed by atoms with Gasteiger partial charge in [0, 0.05) is 43.2 Å². The predicted molar refractivity (Wildman–Crippen MR) is 146 cm³/mol. The maximum absolute atomic E-state index is 12.4. The minimum Gasteiger partial charge on any atom is -0.376 e. The average molecular weight is 517 g/mol. The monoisotopic (exact) mass is 516 g/mol. The zero-order valence-corrected chi connectivity index (χ0v) is 22.8. The fourth-order valence-electron chi connectivity index (χ4n) is 9.10. The van der Waals surface area contributed by atoms with Crippen molar-refractivity contribution in [3.05, 3.63) is 0 Å². The van der Waals surface area contributed by atoms with Crippen molar-refractivity contribution in [3.8, 4) is 0 Å². The van der Waals surface area contributed by atoms with Gasteiger partial charge in [-0.05, 0) is 108 Å². The van der Waals surface area contributed by atoms with E-state index in [9.17, 15) is 4.79 Å². The Morgan fingerprint density at radius 2 is 1.68 bits per heavy atom. The number of rotatable bonds is 4. The molecule has 0 spiro atoms. The summed E-state index contributed by atoms with van der Waals surface area (Å²) in [6.45, 7) is 4.88. The van der Waals surface area contributed by atoms with Crippen LogP contribution >= 0.6 is 0 Å². The molecule has 6 rings (SSSR count). The lowest BCUT2D eigenvalue weighted by molar-refractivity contribution is -0.130. The summed E-state index contributed by atoms with van der Waals surface area (Å²) in [5.74, 6) is 2.24. The highest BCUT2D eigenvalue weighted by atomic mass is 16.5. The predicted octanol–water partition coefficient (Wildman–Crippen LogP) is 1.53. The molecular weight excluding hydrogens is 464 g/mol. The van der Waals surface area contributed by atoms with E-state index in [2.05, 4.69) is 20.9 Å². The van der Waals surface area contributed by atoms with Crippen LogP contribution in [-0.4, -0.2) is 80.0 Å². The van der Waals surface area contributed by atoms with Crippen LogP contribution in [0.4, 0.5) is 0 Å². The largest absolute Gasteiger partial charge is 0.376 e. The summed E-state index contributed by atoms with van der Waals surface area (Å²) in [5, 5.41) is 10.8. The van der Waals surface area contributed by atoms with Crippen LogP contribution in [0.3, 0.4) is 0 Å². The molecule has 2 aliphatic carbocycles. The number of nitrogens with one attached hydrogen (secondary N) is 3. The van der Waals surface area contributed by atoms with Crippen molar-refractivity contribution in [2.75, 3.05) is 32.8 Å². The third-order valence-corrected chi connectivity index (χ3v) is 11.3. The van der Waals surface area contributed by atoms with Crippen LogP contribution < -0.4 is 27.4 Å².